The monoisotopic (exact) mass is 287 g/mol. The van der Waals surface area contributed by atoms with Gasteiger partial charge in [0.2, 0.25) is 0 Å². The van der Waals surface area contributed by atoms with Crippen molar-refractivity contribution >= 4 is 25.4 Å². The van der Waals surface area contributed by atoms with E-state index in [1.54, 1.807) is 0 Å². The molecular weight excluding hydrogens is 265 g/mol. The molecule has 0 fully saturated rings. The molecule has 1 aromatic carbocycles. The maximum absolute atomic E-state index is 2.38. The van der Waals surface area contributed by atoms with Crippen LogP contribution in [0.5, 0.6) is 0 Å². The second-order valence-corrected chi connectivity index (χ2v) is 13.8. The second kappa shape index (κ2) is 7.24. The zero-order valence-corrected chi connectivity index (χ0v) is 12.7. The van der Waals surface area contributed by atoms with E-state index in [0.29, 0.717) is 0 Å². The summed E-state index contributed by atoms with van der Waals surface area (Å²) in [7, 11) is 4.07. The SMILES string of the molecule is CN(C)c1ccccc1.[CH3][SnH]([CH3])[CH3]. The molecule has 0 spiro atoms. The molecule has 1 aromatic rings. The molecular formula is C11H21NSn. The maximum atomic E-state index is 2.38. The molecule has 0 unspecified atom stereocenters. The molecule has 0 amide bonds. The summed E-state index contributed by atoms with van der Waals surface area (Å²) in [5, 5.41) is 0. The first-order valence-corrected chi connectivity index (χ1v) is 14.6. The fourth-order valence-electron chi connectivity index (χ4n) is 0.726. The van der Waals surface area contributed by atoms with Crippen LogP contribution in [0.3, 0.4) is 0 Å². The van der Waals surface area contributed by atoms with Crippen molar-refractivity contribution in [1.29, 1.82) is 0 Å². The van der Waals surface area contributed by atoms with Gasteiger partial charge in [0.15, 0.2) is 0 Å². The topological polar surface area (TPSA) is 3.24 Å². The molecule has 0 aliphatic carbocycles. The Morgan fingerprint density at radius 2 is 1.31 bits per heavy atom. The van der Waals surface area contributed by atoms with E-state index in [4.69, 9.17) is 0 Å². The standard InChI is InChI=1S/C8H11N.3CH3.Sn.H/c1-9(2)8-6-4-3-5-7-8;;;;;/h3-7H,1-2H3;3*1H3;;. The first-order valence-electron chi connectivity index (χ1n) is 4.76. The zero-order valence-electron chi connectivity index (χ0n) is 9.41. The molecule has 0 aromatic heterocycles. The summed E-state index contributed by atoms with van der Waals surface area (Å²) in [4.78, 5) is 9.21. The van der Waals surface area contributed by atoms with Crippen LogP contribution in [-0.4, -0.2) is 33.9 Å². The van der Waals surface area contributed by atoms with Crippen LogP contribution >= 0.6 is 0 Å². The van der Waals surface area contributed by atoms with Gasteiger partial charge in [-0.2, -0.15) is 0 Å². The fourth-order valence-corrected chi connectivity index (χ4v) is 0.726. The van der Waals surface area contributed by atoms with Gasteiger partial charge < -0.3 is 4.90 Å². The van der Waals surface area contributed by atoms with Crippen molar-refractivity contribution in [2.45, 2.75) is 14.8 Å². The average molecular weight is 286 g/mol. The number of rotatable bonds is 1. The second-order valence-electron chi connectivity index (χ2n) is 3.96. The summed E-state index contributed by atoms with van der Waals surface area (Å²) in [6.07, 6.45) is 0. The Kier molecular flexibility index (Phi) is 7.14. The van der Waals surface area contributed by atoms with E-state index in [1.165, 1.54) is 5.69 Å². The predicted molar refractivity (Wildman–Crippen MR) is 65.5 cm³/mol. The van der Waals surface area contributed by atoms with Crippen LogP contribution in [0, 0.1) is 0 Å². The Morgan fingerprint density at radius 3 is 1.54 bits per heavy atom. The Balaban J connectivity index is 0.000000310. The molecule has 0 N–H and O–H groups in total. The molecule has 0 saturated heterocycles. The molecule has 0 bridgehead atoms. The molecule has 74 valence electrons. The molecule has 0 heterocycles. The van der Waals surface area contributed by atoms with Crippen molar-refractivity contribution in [3.63, 3.8) is 0 Å². The zero-order chi connectivity index (χ0) is 10.3. The summed E-state index contributed by atoms with van der Waals surface area (Å²) in [5.41, 5.74) is 1.25. The number of hydrogen-bond donors (Lipinski definition) is 0. The molecule has 0 atom stereocenters. The minimum absolute atomic E-state index is 0.637. The summed E-state index contributed by atoms with van der Waals surface area (Å²) in [6, 6.07) is 10.3. The number of para-hydroxylation sites is 1. The fraction of sp³-hybridized carbons (Fsp3) is 0.455. The van der Waals surface area contributed by atoms with Gasteiger partial charge in [-0.3, -0.25) is 0 Å². The van der Waals surface area contributed by atoms with Crippen molar-refractivity contribution in [1.82, 2.24) is 0 Å². The Morgan fingerprint density at radius 1 is 0.923 bits per heavy atom. The Hall–Kier alpha value is -0.181. The number of anilines is 1. The van der Waals surface area contributed by atoms with Gasteiger partial charge in [-0.25, -0.2) is 0 Å². The Bertz CT molecular complexity index is 204. The predicted octanol–water partition coefficient (Wildman–Crippen LogP) is 2.86. The van der Waals surface area contributed by atoms with Gasteiger partial charge >= 0.3 is 34.6 Å². The van der Waals surface area contributed by atoms with Gasteiger partial charge in [0, 0.05) is 19.8 Å². The molecule has 2 heteroatoms. The number of nitrogens with zero attached hydrogens (tertiary/aromatic N) is 1. The van der Waals surface area contributed by atoms with Gasteiger partial charge in [0.05, 0.1) is 0 Å². The third kappa shape index (κ3) is 8.16. The van der Waals surface area contributed by atoms with Gasteiger partial charge in [-0.15, -0.1) is 0 Å². The summed E-state index contributed by atoms with van der Waals surface area (Å²) < 4.78 is 0. The van der Waals surface area contributed by atoms with Crippen LogP contribution in [0.15, 0.2) is 30.3 Å². The van der Waals surface area contributed by atoms with Gasteiger partial charge in [0.1, 0.15) is 0 Å². The number of benzene rings is 1. The van der Waals surface area contributed by atoms with E-state index in [0.717, 1.165) is 0 Å². The Labute approximate surface area is 89.5 Å². The number of hydrogen-bond acceptors (Lipinski definition) is 1. The quantitative estimate of drug-likeness (QED) is 0.717. The molecule has 1 rings (SSSR count). The third-order valence-corrected chi connectivity index (χ3v) is 1.27. The summed E-state index contributed by atoms with van der Waals surface area (Å²) in [5.74, 6) is 0. The third-order valence-electron chi connectivity index (χ3n) is 1.27. The van der Waals surface area contributed by atoms with Gasteiger partial charge in [-0.1, -0.05) is 18.2 Å². The van der Waals surface area contributed by atoms with Gasteiger partial charge in [-0.05, 0) is 12.1 Å². The van der Waals surface area contributed by atoms with E-state index in [1.807, 2.05) is 32.3 Å². The van der Waals surface area contributed by atoms with Crippen LogP contribution < -0.4 is 4.90 Å². The first-order chi connectivity index (χ1) is 6.04. The van der Waals surface area contributed by atoms with Gasteiger partial charge in [0.25, 0.3) is 0 Å². The van der Waals surface area contributed by atoms with Crippen LogP contribution in [0.2, 0.25) is 14.8 Å². The van der Waals surface area contributed by atoms with Crippen LogP contribution in [0.1, 0.15) is 0 Å². The van der Waals surface area contributed by atoms with E-state index in [-0.39, 0.29) is 0 Å². The van der Waals surface area contributed by atoms with Crippen molar-refractivity contribution in [3.8, 4) is 0 Å². The molecule has 0 aliphatic rings. The average Bonchev–Trinajstić information content (AvgIpc) is 2.05. The molecule has 0 radical (unpaired) electrons. The van der Waals surface area contributed by atoms with Crippen molar-refractivity contribution < 1.29 is 0 Å². The molecule has 1 nitrogen and oxygen atoms in total. The van der Waals surface area contributed by atoms with Crippen molar-refractivity contribution in [3.05, 3.63) is 30.3 Å². The van der Waals surface area contributed by atoms with E-state index >= 15 is 0 Å². The van der Waals surface area contributed by atoms with E-state index in [9.17, 15) is 0 Å². The summed E-state index contributed by atoms with van der Waals surface area (Å²) >= 11 is -0.637. The van der Waals surface area contributed by atoms with E-state index < -0.39 is 19.8 Å². The molecule has 0 saturated carbocycles. The van der Waals surface area contributed by atoms with Crippen molar-refractivity contribution in [2.24, 2.45) is 0 Å². The molecule has 13 heavy (non-hydrogen) atoms. The normalized spacial score (nSPS) is 9.08. The minimum atomic E-state index is -0.637. The van der Waals surface area contributed by atoms with Crippen LogP contribution in [-0.2, 0) is 0 Å². The molecule has 0 aliphatic heterocycles. The van der Waals surface area contributed by atoms with E-state index in [2.05, 4.69) is 31.9 Å². The van der Waals surface area contributed by atoms with Crippen LogP contribution in [0.4, 0.5) is 5.69 Å². The summed E-state index contributed by atoms with van der Waals surface area (Å²) in [6.45, 7) is 0. The van der Waals surface area contributed by atoms with Crippen LogP contribution in [0.25, 0.3) is 0 Å². The van der Waals surface area contributed by atoms with Crippen molar-refractivity contribution in [2.75, 3.05) is 19.0 Å². The first kappa shape index (κ1) is 12.8.